The Bertz CT molecular complexity index is 768. The van der Waals surface area contributed by atoms with E-state index in [1.807, 2.05) is 0 Å². The van der Waals surface area contributed by atoms with Gasteiger partial charge in [0.2, 0.25) is 0 Å². The van der Waals surface area contributed by atoms with Crippen molar-refractivity contribution in [2.24, 2.45) is 10.9 Å². The van der Waals surface area contributed by atoms with E-state index in [2.05, 4.69) is 36.4 Å². The maximum absolute atomic E-state index is 11.6. The normalized spacial score (nSPS) is 25.4. The number of anilines is 1. The second-order valence-corrected chi connectivity index (χ2v) is 9.86. The molecule has 0 aromatic carbocycles. The van der Waals surface area contributed by atoms with Gasteiger partial charge in [0.05, 0.1) is 11.5 Å². The molecule has 0 bridgehead atoms. The molecule has 1 aromatic rings. The van der Waals surface area contributed by atoms with Crippen molar-refractivity contribution in [3.05, 3.63) is 11.8 Å². The van der Waals surface area contributed by atoms with Crippen molar-refractivity contribution in [2.75, 3.05) is 56.2 Å². The van der Waals surface area contributed by atoms with E-state index in [4.69, 9.17) is 0 Å². The number of aliphatic imine (C=N–C) groups is 1. The van der Waals surface area contributed by atoms with Crippen molar-refractivity contribution >= 4 is 45.6 Å². The molecule has 1 unspecified atom stereocenters. The minimum absolute atomic E-state index is 0. The highest BCUT2D eigenvalue weighted by Crippen LogP contribution is 2.39. The summed E-state index contributed by atoms with van der Waals surface area (Å²) in [5.41, 5.74) is 1.27. The third-order valence-corrected chi connectivity index (χ3v) is 7.43. The van der Waals surface area contributed by atoms with Gasteiger partial charge in [-0.05, 0) is 25.2 Å². The average Bonchev–Trinajstić information content (AvgIpc) is 3.26. The van der Waals surface area contributed by atoms with Crippen LogP contribution in [-0.2, 0) is 9.84 Å². The first-order valence-electron chi connectivity index (χ1n) is 9.50. The Balaban J connectivity index is 0.00000210. The fourth-order valence-electron chi connectivity index (χ4n) is 3.84. The average molecular weight is 508 g/mol. The quantitative estimate of drug-likeness (QED) is 0.359. The number of halogens is 1. The number of piperazine rings is 1. The van der Waals surface area contributed by atoms with Crippen LogP contribution >= 0.6 is 24.0 Å². The summed E-state index contributed by atoms with van der Waals surface area (Å²) in [6.45, 7) is 4.26. The van der Waals surface area contributed by atoms with Crippen molar-refractivity contribution in [3.8, 4) is 0 Å². The molecule has 0 spiro atoms. The summed E-state index contributed by atoms with van der Waals surface area (Å²) >= 11 is 0. The number of sulfone groups is 1. The zero-order valence-corrected chi connectivity index (χ0v) is 18.9. The highest BCUT2D eigenvalue weighted by Gasteiger charge is 2.29. The molecule has 1 atom stereocenters. The van der Waals surface area contributed by atoms with E-state index in [1.165, 1.54) is 18.5 Å². The first kappa shape index (κ1) is 20.7. The fraction of sp³-hybridized carbons (Fsp3) is 0.765. The molecular weight excluding hydrogens is 479 g/mol. The van der Waals surface area contributed by atoms with E-state index in [-0.39, 0.29) is 29.9 Å². The van der Waals surface area contributed by atoms with Crippen LogP contribution in [0.5, 0.6) is 0 Å². The lowest BCUT2D eigenvalue weighted by atomic mass is 10.1. The number of hydrogen-bond donors (Lipinski definition) is 2. The number of rotatable bonds is 4. The van der Waals surface area contributed by atoms with Gasteiger partial charge in [-0.25, -0.2) is 8.42 Å². The maximum Gasteiger partial charge on any atom is 0.193 e. The van der Waals surface area contributed by atoms with Gasteiger partial charge >= 0.3 is 0 Å². The van der Waals surface area contributed by atoms with Gasteiger partial charge in [0.15, 0.2) is 21.6 Å². The van der Waals surface area contributed by atoms with Gasteiger partial charge < -0.3 is 15.1 Å². The Morgan fingerprint density at radius 2 is 2.04 bits per heavy atom. The Hall–Kier alpha value is -1.04. The molecular formula is C17H29IN6O2S. The molecule has 3 aliphatic rings. The van der Waals surface area contributed by atoms with Gasteiger partial charge in [-0.15, -0.1) is 24.0 Å². The monoisotopic (exact) mass is 508 g/mol. The molecule has 2 N–H and O–H groups in total. The first-order valence-corrected chi connectivity index (χ1v) is 11.3. The highest BCUT2D eigenvalue weighted by atomic mass is 127. The van der Waals surface area contributed by atoms with Crippen molar-refractivity contribution in [1.29, 1.82) is 0 Å². The lowest BCUT2D eigenvalue weighted by Crippen LogP contribution is -2.53. The minimum atomic E-state index is -2.82. The molecule has 1 aromatic heterocycles. The third kappa shape index (κ3) is 5.07. The number of H-pyrrole nitrogens is 1. The third-order valence-electron chi connectivity index (χ3n) is 5.59. The van der Waals surface area contributed by atoms with E-state index in [1.54, 1.807) is 7.05 Å². The zero-order chi connectivity index (χ0) is 18.1. The molecule has 0 amide bonds. The zero-order valence-electron chi connectivity index (χ0n) is 15.7. The highest BCUT2D eigenvalue weighted by molar-refractivity contribution is 14.0. The fourth-order valence-corrected chi connectivity index (χ4v) is 5.70. The van der Waals surface area contributed by atoms with Crippen molar-refractivity contribution < 1.29 is 8.42 Å². The first-order chi connectivity index (χ1) is 12.5. The summed E-state index contributed by atoms with van der Waals surface area (Å²) in [6.07, 6.45) is 3.31. The van der Waals surface area contributed by atoms with Crippen molar-refractivity contribution in [1.82, 2.24) is 20.4 Å². The number of hydrogen-bond acceptors (Lipinski definition) is 5. The molecule has 1 saturated carbocycles. The van der Waals surface area contributed by atoms with Gasteiger partial charge in [-0.2, -0.15) is 5.10 Å². The van der Waals surface area contributed by atoms with Crippen molar-refractivity contribution in [2.45, 2.75) is 25.2 Å². The van der Waals surface area contributed by atoms with Crippen LogP contribution < -0.4 is 10.2 Å². The molecule has 10 heteroatoms. The summed E-state index contributed by atoms with van der Waals surface area (Å²) in [5.74, 6) is 3.43. The standard InChI is InChI=1S/C17H28N6O2S.HI/c1-18-17(19-11-13-4-9-26(24,25)12-13)23-7-5-22(6-8-23)16-10-15(20-21-16)14-2-3-14;/h10,13-14H,2-9,11-12H2,1H3,(H,18,19)(H,20,21);1H. The van der Waals surface area contributed by atoms with Gasteiger partial charge in [0.1, 0.15) is 0 Å². The van der Waals surface area contributed by atoms with Crippen LogP contribution in [0.4, 0.5) is 5.82 Å². The predicted molar refractivity (Wildman–Crippen MR) is 118 cm³/mol. The second-order valence-electron chi connectivity index (χ2n) is 7.63. The molecule has 2 aliphatic heterocycles. The number of nitrogens with one attached hydrogen (secondary N) is 2. The van der Waals surface area contributed by atoms with Crippen molar-refractivity contribution in [3.63, 3.8) is 0 Å². The van der Waals surface area contributed by atoms with Gasteiger partial charge in [-0.1, -0.05) is 0 Å². The smallest absolute Gasteiger partial charge is 0.193 e. The van der Waals surface area contributed by atoms with Gasteiger partial charge in [-0.3, -0.25) is 10.1 Å². The van der Waals surface area contributed by atoms with Crippen LogP contribution in [-0.4, -0.2) is 80.8 Å². The topological polar surface area (TPSA) is 93.7 Å². The Kier molecular flexibility index (Phi) is 6.54. The number of aromatic nitrogens is 2. The Labute approximate surface area is 178 Å². The molecule has 27 heavy (non-hydrogen) atoms. The van der Waals surface area contributed by atoms with Crippen LogP contribution in [0.3, 0.4) is 0 Å². The molecule has 2 saturated heterocycles. The van der Waals surface area contributed by atoms with E-state index in [0.29, 0.717) is 24.0 Å². The Morgan fingerprint density at radius 3 is 2.63 bits per heavy atom. The molecule has 8 nitrogen and oxygen atoms in total. The summed E-state index contributed by atoms with van der Waals surface area (Å²) in [6, 6.07) is 2.20. The number of aromatic amines is 1. The second kappa shape index (κ2) is 8.54. The Morgan fingerprint density at radius 1 is 1.30 bits per heavy atom. The SMILES string of the molecule is CN=C(NCC1CCS(=O)(=O)C1)N1CCN(c2cc(C3CC3)[nH]n2)CC1.I. The van der Waals surface area contributed by atoms with Crippen LogP contribution in [0.2, 0.25) is 0 Å². The lowest BCUT2D eigenvalue weighted by Gasteiger charge is -2.36. The van der Waals surface area contributed by atoms with Gasteiger partial charge in [0, 0.05) is 57.4 Å². The van der Waals surface area contributed by atoms with Crippen LogP contribution in [0.1, 0.15) is 30.9 Å². The summed E-state index contributed by atoms with van der Waals surface area (Å²) in [4.78, 5) is 8.94. The molecule has 3 fully saturated rings. The number of nitrogens with zero attached hydrogens (tertiary/aromatic N) is 4. The van der Waals surface area contributed by atoms with Gasteiger partial charge in [0.25, 0.3) is 0 Å². The van der Waals surface area contributed by atoms with Crippen LogP contribution in [0.25, 0.3) is 0 Å². The van der Waals surface area contributed by atoms with E-state index in [0.717, 1.165) is 44.4 Å². The summed E-state index contributed by atoms with van der Waals surface area (Å²) < 4.78 is 23.2. The van der Waals surface area contributed by atoms with E-state index >= 15 is 0 Å². The lowest BCUT2D eigenvalue weighted by molar-refractivity contribution is 0.368. The van der Waals surface area contributed by atoms with Crippen LogP contribution in [0.15, 0.2) is 11.1 Å². The summed E-state index contributed by atoms with van der Waals surface area (Å²) in [5, 5.41) is 11.0. The largest absolute Gasteiger partial charge is 0.356 e. The summed E-state index contributed by atoms with van der Waals surface area (Å²) in [7, 11) is -1.04. The molecule has 4 rings (SSSR count). The molecule has 3 heterocycles. The predicted octanol–water partition coefficient (Wildman–Crippen LogP) is 1.04. The molecule has 1 aliphatic carbocycles. The minimum Gasteiger partial charge on any atom is -0.356 e. The van der Waals surface area contributed by atoms with E-state index < -0.39 is 9.84 Å². The molecule has 0 radical (unpaired) electrons. The number of guanidine groups is 1. The molecule has 152 valence electrons. The van der Waals surface area contributed by atoms with E-state index in [9.17, 15) is 8.42 Å². The van der Waals surface area contributed by atoms with Crippen LogP contribution in [0, 0.1) is 5.92 Å². The maximum atomic E-state index is 11.6.